The first-order chi connectivity index (χ1) is 8.12. The van der Waals surface area contributed by atoms with Gasteiger partial charge in [-0.3, -0.25) is 4.79 Å². The van der Waals surface area contributed by atoms with Crippen LogP contribution in [0.2, 0.25) is 0 Å². The van der Waals surface area contributed by atoms with Gasteiger partial charge in [0.1, 0.15) is 16.4 Å². The molecule has 0 bridgehead atoms. The van der Waals surface area contributed by atoms with Crippen LogP contribution in [-0.4, -0.2) is 64.6 Å². The van der Waals surface area contributed by atoms with E-state index in [1.807, 2.05) is 0 Å². The standard InChI is InChI=1S/C9H19NO6S2/c1-4-10(8-9(11)16-5-2)18(14,15)7-6-17(3,12)13/h4-8H2,1-3H3. The fourth-order valence-electron chi connectivity index (χ4n) is 1.14. The summed E-state index contributed by atoms with van der Waals surface area (Å²) in [6, 6.07) is 0. The molecule has 0 unspecified atom stereocenters. The maximum atomic E-state index is 11.8. The summed E-state index contributed by atoms with van der Waals surface area (Å²) in [5, 5.41) is 0. The van der Waals surface area contributed by atoms with Gasteiger partial charge in [0.05, 0.1) is 18.1 Å². The molecule has 0 radical (unpaired) electrons. The number of likely N-dealkylation sites (N-methyl/N-ethyl adjacent to an activating group) is 1. The third kappa shape index (κ3) is 6.92. The molecule has 7 nitrogen and oxygen atoms in total. The predicted octanol–water partition coefficient (Wildman–Crippen LogP) is -0.754. The van der Waals surface area contributed by atoms with Gasteiger partial charge >= 0.3 is 5.97 Å². The quantitative estimate of drug-likeness (QED) is 0.547. The van der Waals surface area contributed by atoms with E-state index >= 15 is 0 Å². The molecule has 9 heteroatoms. The van der Waals surface area contributed by atoms with Gasteiger partial charge in [-0.1, -0.05) is 6.92 Å². The van der Waals surface area contributed by atoms with Crippen molar-refractivity contribution in [1.29, 1.82) is 0 Å². The van der Waals surface area contributed by atoms with Crippen molar-refractivity contribution in [3.05, 3.63) is 0 Å². The zero-order valence-electron chi connectivity index (χ0n) is 10.7. The Hall–Kier alpha value is -0.670. The highest BCUT2D eigenvalue weighted by Crippen LogP contribution is 2.03. The van der Waals surface area contributed by atoms with Crippen LogP contribution in [0.4, 0.5) is 0 Å². The molecular formula is C9H19NO6S2. The van der Waals surface area contributed by atoms with Crippen LogP contribution in [0.1, 0.15) is 13.8 Å². The van der Waals surface area contributed by atoms with Crippen LogP contribution in [0.15, 0.2) is 0 Å². The van der Waals surface area contributed by atoms with Gasteiger partial charge in [-0.25, -0.2) is 16.8 Å². The molecule has 0 heterocycles. The number of nitrogens with zero attached hydrogens (tertiary/aromatic N) is 1. The minimum atomic E-state index is -3.77. The zero-order chi connectivity index (χ0) is 14.4. The highest BCUT2D eigenvalue weighted by atomic mass is 32.2. The van der Waals surface area contributed by atoms with Crippen molar-refractivity contribution in [1.82, 2.24) is 4.31 Å². The lowest BCUT2D eigenvalue weighted by atomic mass is 10.6. The second kappa shape index (κ2) is 7.05. The number of hydrogen-bond donors (Lipinski definition) is 0. The van der Waals surface area contributed by atoms with Crippen LogP contribution in [0.3, 0.4) is 0 Å². The molecule has 0 aromatic carbocycles. The minimum absolute atomic E-state index is 0.0882. The zero-order valence-corrected chi connectivity index (χ0v) is 12.4. The molecule has 0 saturated heterocycles. The number of sulfone groups is 1. The molecule has 0 atom stereocenters. The van der Waals surface area contributed by atoms with E-state index in [1.165, 1.54) is 0 Å². The molecule has 0 rings (SSSR count). The normalized spacial score (nSPS) is 12.7. The van der Waals surface area contributed by atoms with Gasteiger partial charge in [-0.05, 0) is 6.92 Å². The third-order valence-corrected chi connectivity index (χ3v) is 5.17. The maximum absolute atomic E-state index is 11.8. The summed E-state index contributed by atoms with van der Waals surface area (Å²) in [7, 11) is -7.13. The summed E-state index contributed by atoms with van der Waals surface area (Å²) in [5.41, 5.74) is 0. The van der Waals surface area contributed by atoms with Crippen molar-refractivity contribution in [2.45, 2.75) is 13.8 Å². The lowest BCUT2D eigenvalue weighted by molar-refractivity contribution is -0.143. The molecule has 108 valence electrons. The number of carbonyl (C=O) groups excluding carboxylic acids is 1. The Morgan fingerprint density at radius 2 is 1.67 bits per heavy atom. The van der Waals surface area contributed by atoms with Gasteiger partial charge in [0.15, 0.2) is 0 Å². The highest BCUT2D eigenvalue weighted by molar-refractivity contribution is 7.93. The fraction of sp³-hybridized carbons (Fsp3) is 0.889. The molecular weight excluding hydrogens is 282 g/mol. The topological polar surface area (TPSA) is 97.8 Å². The first kappa shape index (κ1) is 17.3. The SMILES string of the molecule is CCOC(=O)CN(CC)S(=O)(=O)CCS(C)(=O)=O. The summed E-state index contributed by atoms with van der Waals surface area (Å²) in [5.74, 6) is -1.64. The molecule has 0 aliphatic carbocycles. The Kier molecular flexibility index (Phi) is 6.79. The van der Waals surface area contributed by atoms with E-state index in [9.17, 15) is 21.6 Å². The molecule has 0 aliphatic rings. The number of hydrogen-bond acceptors (Lipinski definition) is 6. The second-order valence-corrected chi connectivity index (χ2v) is 8.03. The Bertz CT molecular complexity index is 467. The Morgan fingerprint density at radius 3 is 2.06 bits per heavy atom. The number of ether oxygens (including phenoxy) is 1. The molecule has 0 aromatic rings. The van der Waals surface area contributed by atoms with Crippen LogP contribution in [0.25, 0.3) is 0 Å². The number of sulfonamides is 1. The lowest BCUT2D eigenvalue weighted by Crippen LogP contribution is -2.39. The average Bonchev–Trinajstić information content (AvgIpc) is 2.22. The lowest BCUT2D eigenvalue weighted by Gasteiger charge is -2.19. The van der Waals surface area contributed by atoms with Gasteiger partial charge in [0.25, 0.3) is 0 Å². The van der Waals surface area contributed by atoms with Crippen molar-refractivity contribution >= 4 is 25.8 Å². The number of carbonyl (C=O) groups is 1. The molecule has 0 N–H and O–H groups in total. The highest BCUT2D eigenvalue weighted by Gasteiger charge is 2.24. The van der Waals surface area contributed by atoms with Crippen LogP contribution in [0, 0.1) is 0 Å². The average molecular weight is 301 g/mol. The number of rotatable bonds is 8. The summed E-state index contributed by atoms with van der Waals surface area (Å²) >= 11 is 0. The van der Waals surface area contributed by atoms with Gasteiger partial charge in [-0.15, -0.1) is 0 Å². The Balaban J connectivity index is 4.67. The van der Waals surface area contributed by atoms with Gasteiger partial charge in [0.2, 0.25) is 10.0 Å². The molecule has 0 spiro atoms. The Morgan fingerprint density at radius 1 is 1.11 bits per heavy atom. The van der Waals surface area contributed by atoms with Crippen molar-refractivity contribution in [2.24, 2.45) is 0 Å². The molecule has 0 fully saturated rings. The summed E-state index contributed by atoms with van der Waals surface area (Å²) in [6.45, 7) is 3.05. The van der Waals surface area contributed by atoms with E-state index in [0.29, 0.717) is 0 Å². The van der Waals surface area contributed by atoms with E-state index in [2.05, 4.69) is 4.74 Å². The van der Waals surface area contributed by atoms with E-state index in [1.54, 1.807) is 13.8 Å². The van der Waals surface area contributed by atoms with Crippen molar-refractivity contribution in [3.8, 4) is 0 Å². The number of esters is 1. The minimum Gasteiger partial charge on any atom is -0.465 e. The van der Waals surface area contributed by atoms with Gasteiger partial charge in [-0.2, -0.15) is 4.31 Å². The molecule has 0 aromatic heterocycles. The monoisotopic (exact) mass is 301 g/mol. The van der Waals surface area contributed by atoms with Crippen LogP contribution in [0.5, 0.6) is 0 Å². The van der Waals surface area contributed by atoms with Crippen LogP contribution >= 0.6 is 0 Å². The Labute approximate surface area is 108 Å². The van der Waals surface area contributed by atoms with Crippen molar-refractivity contribution in [2.75, 3.05) is 37.5 Å². The van der Waals surface area contributed by atoms with Crippen LogP contribution in [-0.2, 0) is 29.4 Å². The van der Waals surface area contributed by atoms with E-state index in [4.69, 9.17) is 0 Å². The predicted molar refractivity (Wildman–Crippen MR) is 67.4 cm³/mol. The largest absolute Gasteiger partial charge is 0.465 e. The summed E-state index contributed by atoms with van der Waals surface area (Å²) in [6.07, 6.45) is 0.962. The summed E-state index contributed by atoms with van der Waals surface area (Å²) < 4.78 is 51.0. The fourth-order valence-corrected chi connectivity index (χ4v) is 4.15. The second-order valence-electron chi connectivity index (χ2n) is 3.68. The van der Waals surface area contributed by atoms with Crippen LogP contribution < -0.4 is 0 Å². The first-order valence-corrected chi connectivity index (χ1v) is 9.10. The molecule has 0 amide bonds. The molecule has 18 heavy (non-hydrogen) atoms. The first-order valence-electron chi connectivity index (χ1n) is 5.43. The molecule has 0 aliphatic heterocycles. The van der Waals surface area contributed by atoms with E-state index in [0.717, 1.165) is 10.6 Å². The molecule has 0 saturated carbocycles. The van der Waals surface area contributed by atoms with Gasteiger partial charge in [0, 0.05) is 12.8 Å². The van der Waals surface area contributed by atoms with E-state index in [-0.39, 0.29) is 13.2 Å². The third-order valence-electron chi connectivity index (χ3n) is 2.07. The van der Waals surface area contributed by atoms with Gasteiger partial charge < -0.3 is 4.74 Å². The van der Waals surface area contributed by atoms with Crippen molar-refractivity contribution in [3.63, 3.8) is 0 Å². The van der Waals surface area contributed by atoms with E-state index < -0.39 is 43.9 Å². The summed E-state index contributed by atoms with van der Waals surface area (Å²) in [4.78, 5) is 11.2. The maximum Gasteiger partial charge on any atom is 0.321 e. The smallest absolute Gasteiger partial charge is 0.321 e. The van der Waals surface area contributed by atoms with Crippen molar-refractivity contribution < 1.29 is 26.4 Å².